The minimum atomic E-state index is -0.109. The first-order valence-corrected chi connectivity index (χ1v) is 7.89. The lowest BCUT2D eigenvalue weighted by Crippen LogP contribution is -2.22. The lowest BCUT2D eigenvalue weighted by molar-refractivity contribution is 0.0951. The van der Waals surface area contributed by atoms with Gasteiger partial charge in [0, 0.05) is 30.9 Å². The molecule has 0 bridgehead atoms. The summed E-state index contributed by atoms with van der Waals surface area (Å²) in [4.78, 5) is 16.3. The summed E-state index contributed by atoms with van der Waals surface area (Å²) in [5.41, 5.74) is 8.12. The van der Waals surface area contributed by atoms with E-state index in [9.17, 15) is 4.79 Å². The minimum absolute atomic E-state index is 0. The number of halogens is 1. The number of nitrogens with one attached hydrogen (secondary N) is 1. The van der Waals surface area contributed by atoms with Gasteiger partial charge in [-0.1, -0.05) is 18.2 Å². The Morgan fingerprint density at radius 1 is 1.17 bits per heavy atom. The Labute approximate surface area is 148 Å². The van der Waals surface area contributed by atoms with Crippen molar-refractivity contribution in [1.29, 1.82) is 0 Å². The highest BCUT2D eigenvalue weighted by molar-refractivity contribution is 5.94. The van der Waals surface area contributed by atoms with Crippen LogP contribution in [0.1, 0.15) is 34.3 Å². The van der Waals surface area contributed by atoms with Crippen molar-refractivity contribution in [1.82, 2.24) is 10.3 Å². The Balaban J connectivity index is 0.00000208. The monoisotopic (exact) mass is 347 g/mol. The molecule has 1 aromatic heterocycles. The Bertz CT molecular complexity index is 655. The van der Waals surface area contributed by atoms with E-state index >= 15 is 0 Å². The van der Waals surface area contributed by atoms with E-state index in [1.54, 1.807) is 18.3 Å². The van der Waals surface area contributed by atoms with Crippen molar-refractivity contribution in [2.24, 2.45) is 11.7 Å². The number of hydrogen-bond donors (Lipinski definition) is 2. The number of pyridine rings is 1. The van der Waals surface area contributed by atoms with E-state index in [1.165, 1.54) is 12.8 Å². The topological polar surface area (TPSA) is 77.2 Å². The molecule has 128 valence electrons. The van der Waals surface area contributed by atoms with Gasteiger partial charge < -0.3 is 15.8 Å². The molecule has 5 nitrogen and oxygen atoms in total. The molecule has 2 aromatic rings. The number of benzene rings is 1. The third kappa shape index (κ3) is 5.22. The van der Waals surface area contributed by atoms with Crippen molar-refractivity contribution >= 4 is 18.3 Å². The second kappa shape index (κ2) is 8.66. The fourth-order valence-corrected chi connectivity index (χ4v) is 2.17. The minimum Gasteiger partial charge on any atom is -0.477 e. The average Bonchev–Trinajstić information content (AvgIpc) is 3.43. The number of carbonyl (C=O) groups is 1. The number of carbonyl (C=O) groups excluding carboxylic acids is 1. The van der Waals surface area contributed by atoms with Crippen LogP contribution in [0.15, 0.2) is 42.6 Å². The van der Waals surface area contributed by atoms with E-state index in [1.807, 2.05) is 24.3 Å². The van der Waals surface area contributed by atoms with Gasteiger partial charge in [-0.15, -0.1) is 12.4 Å². The number of aromatic nitrogens is 1. The third-order valence-electron chi connectivity index (χ3n) is 3.87. The van der Waals surface area contributed by atoms with E-state index < -0.39 is 0 Å². The van der Waals surface area contributed by atoms with Gasteiger partial charge in [-0.05, 0) is 42.0 Å². The summed E-state index contributed by atoms with van der Waals surface area (Å²) in [7, 11) is 0. The van der Waals surface area contributed by atoms with Gasteiger partial charge in [-0.3, -0.25) is 4.79 Å². The van der Waals surface area contributed by atoms with Crippen LogP contribution in [-0.4, -0.2) is 17.5 Å². The molecule has 1 aliphatic carbocycles. The predicted octanol–water partition coefficient (Wildman–Crippen LogP) is 2.68. The molecule has 24 heavy (non-hydrogen) atoms. The average molecular weight is 348 g/mol. The van der Waals surface area contributed by atoms with Crippen molar-refractivity contribution in [3.05, 3.63) is 59.3 Å². The van der Waals surface area contributed by atoms with E-state index in [4.69, 9.17) is 10.5 Å². The molecule has 3 N–H and O–H groups in total. The van der Waals surface area contributed by atoms with Gasteiger partial charge in [-0.25, -0.2) is 4.98 Å². The van der Waals surface area contributed by atoms with Crippen LogP contribution in [0.25, 0.3) is 0 Å². The van der Waals surface area contributed by atoms with Crippen LogP contribution in [0, 0.1) is 5.92 Å². The number of ether oxygens (including phenoxy) is 1. The maximum Gasteiger partial charge on any atom is 0.251 e. The van der Waals surface area contributed by atoms with Gasteiger partial charge in [0.15, 0.2) is 0 Å². The molecule has 6 heteroatoms. The highest BCUT2D eigenvalue weighted by Gasteiger charge is 2.22. The number of amides is 1. The van der Waals surface area contributed by atoms with Gasteiger partial charge in [0.2, 0.25) is 5.88 Å². The summed E-state index contributed by atoms with van der Waals surface area (Å²) in [5.74, 6) is 1.24. The molecule has 0 radical (unpaired) electrons. The van der Waals surface area contributed by atoms with Crippen LogP contribution in [-0.2, 0) is 13.1 Å². The molecule has 1 aromatic carbocycles. The summed E-state index contributed by atoms with van der Waals surface area (Å²) in [6.07, 6.45) is 4.26. The van der Waals surface area contributed by atoms with Gasteiger partial charge in [0.1, 0.15) is 0 Å². The van der Waals surface area contributed by atoms with E-state index in [-0.39, 0.29) is 18.3 Å². The first-order valence-electron chi connectivity index (χ1n) is 7.89. The molecular formula is C18H22ClN3O2. The molecular weight excluding hydrogens is 326 g/mol. The Kier molecular flexibility index (Phi) is 6.58. The highest BCUT2D eigenvalue weighted by atomic mass is 35.5. The number of hydrogen-bond acceptors (Lipinski definition) is 4. The zero-order valence-electron chi connectivity index (χ0n) is 13.4. The number of rotatable bonds is 7. The summed E-state index contributed by atoms with van der Waals surface area (Å²) in [6.45, 7) is 1.66. The first-order chi connectivity index (χ1) is 11.2. The van der Waals surface area contributed by atoms with E-state index in [0.29, 0.717) is 30.5 Å². The smallest absolute Gasteiger partial charge is 0.251 e. The maximum atomic E-state index is 12.1. The Hall–Kier alpha value is -2.11. The van der Waals surface area contributed by atoms with Gasteiger partial charge in [-0.2, -0.15) is 0 Å². The van der Waals surface area contributed by atoms with Crippen LogP contribution in [0.4, 0.5) is 0 Å². The lowest BCUT2D eigenvalue weighted by Gasteiger charge is -2.07. The molecule has 1 fully saturated rings. The Morgan fingerprint density at radius 2 is 1.88 bits per heavy atom. The molecule has 1 saturated carbocycles. The molecule has 1 amide bonds. The molecule has 0 atom stereocenters. The largest absolute Gasteiger partial charge is 0.477 e. The lowest BCUT2D eigenvalue weighted by atomic mass is 10.1. The Morgan fingerprint density at radius 3 is 2.46 bits per heavy atom. The third-order valence-corrected chi connectivity index (χ3v) is 3.87. The van der Waals surface area contributed by atoms with Crippen LogP contribution >= 0.6 is 12.4 Å². The van der Waals surface area contributed by atoms with Crippen LogP contribution in [0.5, 0.6) is 5.88 Å². The molecule has 3 rings (SSSR count). The fourth-order valence-electron chi connectivity index (χ4n) is 2.17. The SMILES string of the molecule is Cl.NCc1ccc(C(=O)NCc2ccc(OCC3CC3)nc2)cc1. The van der Waals surface area contributed by atoms with Crippen molar-refractivity contribution in [3.8, 4) is 5.88 Å². The van der Waals surface area contributed by atoms with Gasteiger partial charge in [0.25, 0.3) is 5.91 Å². The van der Waals surface area contributed by atoms with Gasteiger partial charge >= 0.3 is 0 Å². The van der Waals surface area contributed by atoms with Crippen molar-refractivity contribution in [2.45, 2.75) is 25.9 Å². The molecule has 1 heterocycles. The summed E-state index contributed by atoms with van der Waals surface area (Å²) in [6, 6.07) is 11.1. The highest BCUT2D eigenvalue weighted by Crippen LogP contribution is 2.29. The maximum absolute atomic E-state index is 12.1. The second-order valence-corrected chi connectivity index (χ2v) is 5.84. The van der Waals surface area contributed by atoms with Crippen molar-refractivity contribution < 1.29 is 9.53 Å². The molecule has 0 unspecified atom stereocenters. The standard InChI is InChI=1S/C18H21N3O2.ClH/c19-9-13-3-6-16(7-4-13)18(22)21-11-15-5-8-17(20-10-15)23-12-14-1-2-14;/h3-8,10,14H,1-2,9,11-12,19H2,(H,21,22);1H. The van der Waals surface area contributed by atoms with Crippen molar-refractivity contribution in [2.75, 3.05) is 6.61 Å². The first kappa shape index (κ1) is 18.2. The summed E-state index contributed by atoms with van der Waals surface area (Å²) >= 11 is 0. The van der Waals surface area contributed by atoms with Gasteiger partial charge in [0.05, 0.1) is 6.61 Å². The van der Waals surface area contributed by atoms with E-state index in [2.05, 4.69) is 10.3 Å². The summed E-state index contributed by atoms with van der Waals surface area (Å²) < 4.78 is 5.59. The predicted molar refractivity (Wildman–Crippen MR) is 95.2 cm³/mol. The van der Waals surface area contributed by atoms with Crippen molar-refractivity contribution in [3.63, 3.8) is 0 Å². The van der Waals surface area contributed by atoms with E-state index in [0.717, 1.165) is 17.7 Å². The summed E-state index contributed by atoms with van der Waals surface area (Å²) in [5, 5.41) is 2.88. The quantitative estimate of drug-likeness (QED) is 0.807. The fraction of sp³-hybridized carbons (Fsp3) is 0.333. The molecule has 1 aliphatic rings. The number of nitrogens with two attached hydrogens (primary N) is 1. The normalized spacial score (nSPS) is 13.0. The molecule has 0 spiro atoms. The zero-order chi connectivity index (χ0) is 16.1. The van der Waals surface area contributed by atoms with Crippen LogP contribution in [0.2, 0.25) is 0 Å². The van der Waals surface area contributed by atoms with Crippen LogP contribution in [0.3, 0.4) is 0 Å². The zero-order valence-corrected chi connectivity index (χ0v) is 14.2. The second-order valence-electron chi connectivity index (χ2n) is 5.84. The van der Waals surface area contributed by atoms with Crippen LogP contribution < -0.4 is 15.8 Å². The molecule has 0 aliphatic heterocycles. The molecule has 0 saturated heterocycles. The number of nitrogens with zero attached hydrogens (tertiary/aromatic N) is 1.